The molecule has 0 saturated heterocycles. The van der Waals surface area contributed by atoms with Crippen molar-refractivity contribution in [1.29, 1.82) is 0 Å². The van der Waals surface area contributed by atoms with Gasteiger partial charge in [-0.1, -0.05) is 42.1 Å². The van der Waals surface area contributed by atoms with Crippen LogP contribution in [0.2, 0.25) is 0 Å². The summed E-state index contributed by atoms with van der Waals surface area (Å²) in [6, 6.07) is 13.1. The Labute approximate surface area is 185 Å². The lowest BCUT2D eigenvalue weighted by Gasteiger charge is -2.11. The van der Waals surface area contributed by atoms with Crippen LogP contribution in [0.4, 0.5) is 11.4 Å². The lowest BCUT2D eigenvalue weighted by molar-refractivity contribution is -0.116. The lowest BCUT2D eigenvalue weighted by Crippen LogP contribution is -2.18. The molecule has 2 amide bonds. The number of aryl methyl sites for hydroxylation is 2. The number of rotatable bonds is 8. The summed E-state index contributed by atoms with van der Waals surface area (Å²) < 4.78 is 6.97. The predicted molar refractivity (Wildman–Crippen MR) is 122 cm³/mol. The van der Waals surface area contributed by atoms with E-state index in [-0.39, 0.29) is 24.0 Å². The summed E-state index contributed by atoms with van der Waals surface area (Å²) in [5.74, 6) is 0.919. The maximum atomic E-state index is 12.4. The fourth-order valence-electron chi connectivity index (χ4n) is 3.03. The quantitative estimate of drug-likeness (QED) is 0.523. The number of ether oxygens (including phenoxy) is 1. The zero-order valence-corrected chi connectivity index (χ0v) is 18.7. The first-order valence-electron chi connectivity index (χ1n) is 9.69. The van der Waals surface area contributed by atoms with Gasteiger partial charge in [0, 0.05) is 12.7 Å². The fourth-order valence-corrected chi connectivity index (χ4v) is 3.76. The average Bonchev–Trinajstić information content (AvgIpc) is 3.09. The van der Waals surface area contributed by atoms with E-state index >= 15 is 0 Å². The molecule has 0 fully saturated rings. The Morgan fingerprint density at radius 1 is 1.00 bits per heavy atom. The summed E-state index contributed by atoms with van der Waals surface area (Å²) in [6.45, 7) is 3.92. The van der Waals surface area contributed by atoms with Gasteiger partial charge in [0.1, 0.15) is 11.6 Å². The Kier molecular flexibility index (Phi) is 7.30. The normalized spacial score (nSPS) is 10.6. The highest BCUT2D eigenvalue weighted by molar-refractivity contribution is 7.99. The monoisotopic (exact) mass is 439 g/mol. The van der Waals surface area contributed by atoms with E-state index in [1.54, 1.807) is 30.9 Å². The molecular weight excluding hydrogens is 414 g/mol. The van der Waals surface area contributed by atoms with Crippen LogP contribution >= 0.6 is 11.8 Å². The van der Waals surface area contributed by atoms with Crippen molar-refractivity contribution in [2.75, 3.05) is 23.5 Å². The highest BCUT2D eigenvalue weighted by Crippen LogP contribution is 2.24. The minimum atomic E-state index is -0.232. The summed E-state index contributed by atoms with van der Waals surface area (Å²) in [6.07, 6.45) is 0.0523. The predicted octanol–water partition coefficient (Wildman–Crippen LogP) is 3.35. The van der Waals surface area contributed by atoms with E-state index in [0.29, 0.717) is 22.4 Å². The Balaban J connectivity index is 1.57. The fraction of sp³-hybridized carbons (Fsp3) is 0.273. The van der Waals surface area contributed by atoms with Crippen molar-refractivity contribution in [3.05, 3.63) is 59.4 Å². The molecule has 3 aromatic rings. The summed E-state index contributed by atoms with van der Waals surface area (Å²) in [4.78, 5) is 24.8. The number of methoxy groups -OCH3 is 1. The Morgan fingerprint density at radius 3 is 2.42 bits per heavy atom. The third kappa shape index (κ3) is 5.64. The number of carbonyl (C=O) groups excluding carboxylic acids is 2. The van der Waals surface area contributed by atoms with Gasteiger partial charge < -0.3 is 19.9 Å². The van der Waals surface area contributed by atoms with Crippen LogP contribution in [0.15, 0.2) is 47.6 Å². The molecule has 0 aliphatic carbocycles. The summed E-state index contributed by atoms with van der Waals surface area (Å²) in [5.41, 5.74) is 3.45. The Bertz CT molecular complexity index is 1080. The third-order valence-corrected chi connectivity index (χ3v) is 5.72. The van der Waals surface area contributed by atoms with Crippen LogP contribution in [0.5, 0.6) is 5.75 Å². The van der Waals surface area contributed by atoms with Crippen LogP contribution < -0.4 is 15.4 Å². The van der Waals surface area contributed by atoms with Crippen molar-refractivity contribution in [1.82, 2.24) is 14.8 Å². The van der Waals surface area contributed by atoms with Crippen LogP contribution in [-0.2, 0) is 23.1 Å². The van der Waals surface area contributed by atoms with Crippen molar-refractivity contribution in [2.45, 2.75) is 25.4 Å². The van der Waals surface area contributed by atoms with Gasteiger partial charge in [-0.2, -0.15) is 0 Å². The number of anilines is 2. The van der Waals surface area contributed by atoms with Crippen LogP contribution in [0.25, 0.3) is 0 Å². The standard InChI is InChI=1S/C22H25N5O3S/c1-14-8-7-9-15(2)21(14)24-20(29)13-31-22-26-25-18(27(22)3)12-19(28)23-16-10-5-6-11-17(16)30-4/h5-11H,12-13H2,1-4H3,(H,23,28)(H,24,29). The number of thioether (sulfide) groups is 1. The number of benzene rings is 2. The number of aromatic nitrogens is 3. The Hall–Kier alpha value is -3.33. The van der Waals surface area contributed by atoms with Gasteiger partial charge in [0.05, 0.1) is 25.0 Å². The number of para-hydroxylation sites is 3. The largest absolute Gasteiger partial charge is 0.495 e. The molecule has 31 heavy (non-hydrogen) atoms. The van der Waals surface area contributed by atoms with Gasteiger partial charge in [-0.05, 0) is 37.1 Å². The van der Waals surface area contributed by atoms with Crippen LogP contribution in [0.1, 0.15) is 17.0 Å². The number of hydrogen-bond acceptors (Lipinski definition) is 6. The lowest BCUT2D eigenvalue weighted by atomic mass is 10.1. The van der Waals surface area contributed by atoms with Gasteiger partial charge in [-0.15, -0.1) is 10.2 Å². The highest BCUT2D eigenvalue weighted by Gasteiger charge is 2.16. The molecule has 8 nitrogen and oxygen atoms in total. The van der Waals surface area contributed by atoms with Crippen molar-refractivity contribution in [2.24, 2.45) is 7.05 Å². The second kappa shape index (κ2) is 10.1. The van der Waals surface area contributed by atoms with Crippen molar-refractivity contribution in [3.63, 3.8) is 0 Å². The molecule has 2 aromatic carbocycles. The summed E-state index contributed by atoms with van der Waals surface area (Å²) in [7, 11) is 3.32. The van der Waals surface area contributed by atoms with E-state index in [0.717, 1.165) is 16.8 Å². The van der Waals surface area contributed by atoms with Gasteiger partial charge in [0.25, 0.3) is 0 Å². The number of carbonyl (C=O) groups is 2. The minimum Gasteiger partial charge on any atom is -0.495 e. The molecule has 1 heterocycles. The van der Waals surface area contributed by atoms with Crippen LogP contribution in [0, 0.1) is 13.8 Å². The number of nitrogens with zero attached hydrogens (tertiary/aromatic N) is 3. The molecule has 9 heteroatoms. The molecule has 3 rings (SSSR count). The molecule has 1 aromatic heterocycles. The summed E-state index contributed by atoms with van der Waals surface area (Å²) >= 11 is 1.27. The van der Waals surface area contributed by atoms with Crippen molar-refractivity contribution in [3.8, 4) is 5.75 Å². The number of hydrogen-bond donors (Lipinski definition) is 2. The second-order valence-electron chi connectivity index (χ2n) is 6.99. The molecule has 0 bridgehead atoms. The third-order valence-electron chi connectivity index (χ3n) is 4.70. The molecule has 2 N–H and O–H groups in total. The zero-order chi connectivity index (χ0) is 22.4. The topological polar surface area (TPSA) is 98.1 Å². The van der Waals surface area contributed by atoms with E-state index in [1.165, 1.54) is 11.8 Å². The van der Waals surface area contributed by atoms with Gasteiger partial charge in [-0.25, -0.2) is 0 Å². The first-order chi connectivity index (χ1) is 14.9. The molecule has 0 atom stereocenters. The molecule has 0 saturated carbocycles. The van der Waals surface area contributed by atoms with E-state index in [4.69, 9.17) is 4.74 Å². The van der Waals surface area contributed by atoms with Gasteiger partial charge in [-0.3, -0.25) is 9.59 Å². The van der Waals surface area contributed by atoms with E-state index < -0.39 is 0 Å². The SMILES string of the molecule is COc1ccccc1NC(=O)Cc1nnc(SCC(=O)Nc2c(C)cccc2C)n1C. The van der Waals surface area contributed by atoms with E-state index in [9.17, 15) is 9.59 Å². The molecule has 0 spiro atoms. The number of amides is 2. The highest BCUT2D eigenvalue weighted by atomic mass is 32.2. The Morgan fingerprint density at radius 2 is 1.71 bits per heavy atom. The van der Waals surface area contributed by atoms with Crippen LogP contribution in [0.3, 0.4) is 0 Å². The average molecular weight is 440 g/mol. The van der Waals surface area contributed by atoms with Gasteiger partial charge in [0.15, 0.2) is 5.16 Å². The zero-order valence-electron chi connectivity index (χ0n) is 17.9. The molecule has 0 aliphatic heterocycles. The second-order valence-corrected chi connectivity index (χ2v) is 7.93. The maximum absolute atomic E-state index is 12.4. The molecule has 162 valence electrons. The number of nitrogens with one attached hydrogen (secondary N) is 2. The van der Waals surface area contributed by atoms with Crippen LogP contribution in [-0.4, -0.2) is 39.4 Å². The smallest absolute Gasteiger partial charge is 0.234 e. The molecule has 0 radical (unpaired) electrons. The summed E-state index contributed by atoms with van der Waals surface area (Å²) in [5, 5.41) is 14.6. The van der Waals surface area contributed by atoms with E-state index in [2.05, 4.69) is 20.8 Å². The maximum Gasteiger partial charge on any atom is 0.234 e. The molecular formula is C22H25N5O3S. The first kappa shape index (κ1) is 22.4. The van der Waals surface area contributed by atoms with Crippen molar-refractivity contribution >= 4 is 35.0 Å². The minimum absolute atomic E-state index is 0.0523. The van der Waals surface area contributed by atoms with Gasteiger partial charge in [0.2, 0.25) is 11.8 Å². The molecule has 0 unspecified atom stereocenters. The van der Waals surface area contributed by atoms with E-state index in [1.807, 2.05) is 44.2 Å². The molecule has 0 aliphatic rings. The van der Waals surface area contributed by atoms with Gasteiger partial charge >= 0.3 is 0 Å². The first-order valence-corrected chi connectivity index (χ1v) is 10.7. The van der Waals surface area contributed by atoms with Crippen molar-refractivity contribution < 1.29 is 14.3 Å².